The normalized spacial score (nSPS) is 21.1. The van der Waals surface area contributed by atoms with Crippen LogP contribution in [0.1, 0.15) is 24.5 Å². The molecule has 0 bridgehead atoms. The fraction of sp³-hybridized carbons (Fsp3) is 0.583. The minimum Gasteiger partial charge on any atom is -0.463 e. The highest BCUT2D eigenvalue weighted by Gasteiger charge is 2.32. The van der Waals surface area contributed by atoms with Gasteiger partial charge in [-0.15, -0.1) is 0 Å². The molecule has 1 fully saturated rings. The van der Waals surface area contributed by atoms with E-state index in [1.165, 1.54) is 13.3 Å². The van der Waals surface area contributed by atoms with Gasteiger partial charge in [0.05, 0.1) is 13.7 Å². The molecule has 0 spiro atoms. The lowest BCUT2D eigenvalue weighted by molar-refractivity contribution is -0.136. The quantitative estimate of drug-likeness (QED) is 0.809. The van der Waals surface area contributed by atoms with Gasteiger partial charge in [-0.25, -0.2) is 14.8 Å². The van der Waals surface area contributed by atoms with E-state index in [2.05, 4.69) is 20.0 Å². The molecular formula is C12H17N3O4. The number of carbonyl (C=O) groups excluding carboxylic acids is 1. The topological polar surface area (TPSA) is 82.6 Å². The summed E-state index contributed by atoms with van der Waals surface area (Å²) in [5, 5.41) is 3.08. The predicted octanol–water partition coefficient (Wildman–Crippen LogP) is 0.827. The molecule has 1 aliphatic heterocycles. The van der Waals surface area contributed by atoms with Crippen molar-refractivity contribution >= 4 is 11.8 Å². The summed E-state index contributed by atoms with van der Waals surface area (Å²) in [5.74, 6) is -0.541. The maximum Gasteiger partial charge on any atom is 0.376 e. The number of ether oxygens (including phenoxy) is 3. The Morgan fingerprint density at radius 2 is 2.42 bits per heavy atom. The number of nitrogens with one attached hydrogen (secondary N) is 1. The first-order chi connectivity index (χ1) is 9.00. The second-order valence-corrected chi connectivity index (χ2v) is 4.59. The first-order valence-corrected chi connectivity index (χ1v) is 5.97. The number of nitrogens with zero attached hydrogens (tertiary/aromatic N) is 2. The summed E-state index contributed by atoms with van der Waals surface area (Å²) in [6, 6.07) is 1.67. The van der Waals surface area contributed by atoms with Crippen LogP contribution in [0.15, 0.2) is 12.3 Å². The highest BCUT2D eigenvalue weighted by Crippen LogP contribution is 2.22. The van der Waals surface area contributed by atoms with E-state index in [0.29, 0.717) is 19.0 Å². The summed E-state index contributed by atoms with van der Waals surface area (Å²) in [4.78, 5) is 19.2. The van der Waals surface area contributed by atoms with E-state index < -0.39 is 11.8 Å². The van der Waals surface area contributed by atoms with Gasteiger partial charge in [0, 0.05) is 12.7 Å². The van der Waals surface area contributed by atoms with E-state index in [4.69, 9.17) is 9.47 Å². The van der Waals surface area contributed by atoms with E-state index in [-0.39, 0.29) is 11.9 Å². The Hall–Kier alpha value is -1.73. The lowest BCUT2D eigenvalue weighted by Crippen LogP contribution is -2.26. The molecule has 1 N–H and O–H groups in total. The zero-order chi connectivity index (χ0) is 13.9. The second-order valence-electron chi connectivity index (χ2n) is 4.59. The molecule has 0 aliphatic carbocycles. The van der Waals surface area contributed by atoms with Crippen LogP contribution < -0.4 is 5.32 Å². The highest BCUT2D eigenvalue weighted by molar-refractivity contribution is 5.85. The Labute approximate surface area is 111 Å². The van der Waals surface area contributed by atoms with Crippen LogP contribution in [0.5, 0.6) is 0 Å². The largest absolute Gasteiger partial charge is 0.463 e. The van der Waals surface area contributed by atoms with Crippen molar-refractivity contribution in [2.24, 2.45) is 0 Å². The minimum atomic E-state index is -0.565. The number of esters is 1. The molecule has 1 aromatic rings. The van der Waals surface area contributed by atoms with Crippen LogP contribution in [0.4, 0.5) is 5.82 Å². The molecule has 19 heavy (non-hydrogen) atoms. The van der Waals surface area contributed by atoms with Crippen LogP contribution in [-0.2, 0) is 14.2 Å². The van der Waals surface area contributed by atoms with E-state index in [9.17, 15) is 4.79 Å². The molecule has 0 aromatic carbocycles. The summed E-state index contributed by atoms with van der Waals surface area (Å²) in [5.41, 5.74) is 0. The van der Waals surface area contributed by atoms with Crippen LogP contribution in [0, 0.1) is 0 Å². The number of hydrogen-bond donors (Lipinski definition) is 1. The predicted molar refractivity (Wildman–Crippen MR) is 66.8 cm³/mol. The van der Waals surface area contributed by atoms with Gasteiger partial charge in [0.2, 0.25) is 5.82 Å². The third kappa shape index (κ3) is 3.62. The van der Waals surface area contributed by atoms with Crippen LogP contribution in [0.3, 0.4) is 0 Å². The molecule has 2 rings (SSSR count). The third-order valence-corrected chi connectivity index (χ3v) is 2.60. The molecule has 1 saturated heterocycles. The molecule has 7 nitrogen and oxygen atoms in total. The molecule has 0 amide bonds. The number of rotatable bonds is 4. The first-order valence-electron chi connectivity index (χ1n) is 5.97. The van der Waals surface area contributed by atoms with Gasteiger partial charge >= 0.3 is 5.97 Å². The fourth-order valence-corrected chi connectivity index (χ4v) is 1.73. The highest BCUT2D eigenvalue weighted by atomic mass is 16.7. The van der Waals surface area contributed by atoms with Gasteiger partial charge in [0.25, 0.3) is 0 Å². The molecule has 1 aliphatic rings. The summed E-state index contributed by atoms with van der Waals surface area (Å²) in [7, 11) is 1.29. The van der Waals surface area contributed by atoms with Crippen molar-refractivity contribution < 1.29 is 19.0 Å². The Morgan fingerprint density at radius 3 is 3.05 bits per heavy atom. The molecule has 7 heteroatoms. The van der Waals surface area contributed by atoms with Crippen molar-refractivity contribution in [2.45, 2.75) is 25.7 Å². The molecule has 1 atom stereocenters. The zero-order valence-electron chi connectivity index (χ0n) is 11.2. The number of aromatic nitrogens is 2. The maximum absolute atomic E-state index is 11.3. The van der Waals surface area contributed by atoms with Gasteiger partial charge in [0.15, 0.2) is 5.79 Å². The third-order valence-electron chi connectivity index (χ3n) is 2.60. The first kappa shape index (κ1) is 13.7. The summed E-state index contributed by atoms with van der Waals surface area (Å²) in [6.45, 7) is 4.80. The zero-order valence-corrected chi connectivity index (χ0v) is 11.2. The van der Waals surface area contributed by atoms with E-state index in [0.717, 1.165) is 0 Å². The Kier molecular flexibility index (Phi) is 3.96. The Morgan fingerprint density at radius 1 is 1.63 bits per heavy atom. The number of carbonyl (C=O) groups is 1. The molecule has 1 aromatic heterocycles. The van der Waals surface area contributed by atoms with Gasteiger partial charge < -0.3 is 19.5 Å². The average Bonchev–Trinajstić information content (AvgIpc) is 2.75. The lowest BCUT2D eigenvalue weighted by Gasteiger charge is -2.17. The monoisotopic (exact) mass is 267 g/mol. The van der Waals surface area contributed by atoms with Gasteiger partial charge in [0.1, 0.15) is 11.9 Å². The number of hydrogen-bond acceptors (Lipinski definition) is 7. The summed E-state index contributed by atoms with van der Waals surface area (Å²) < 4.78 is 15.7. The van der Waals surface area contributed by atoms with Crippen molar-refractivity contribution in [3.63, 3.8) is 0 Å². The molecular weight excluding hydrogens is 250 g/mol. The SMILES string of the molecule is COC(=O)c1nccc(NCC2COC(C)(C)O2)n1. The Balaban J connectivity index is 1.91. The lowest BCUT2D eigenvalue weighted by atomic mass is 10.3. The van der Waals surface area contributed by atoms with Crippen molar-refractivity contribution in [1.82, 2.24) is 9.97 Å². The molecule has 0 saturated carbocycles. The number of anilines is 1. The maximum atomic E-state index is 11.3. The van der Waals surface area contributed by atoms with Gasteiger partial charge in [-0.05, 0) is 19.9 Å². The minimum absolute atomic E-state index is 0.0245. The average molecular weight is 267 g/mol. The summed E-state index contributed by atoms with van der Waals surface area (Å²) >= 11 is 0. The van der Waals surface area contributed by atoms with Crippen LogP contribution in [0.2, 0.25) is 0 Å². The van der Waals surface area contributed by atoms with E-state index in [1.807, 2.05) is 13.8 Å². The molecule has 2 heterocycles. The van der Waals surface area contributed by atoms with Crippen molar-refractivity contribution in [2.75, 3.05) is 25.6 Å². The Bertz CT molecular complexity index is 464. The van der Waals surface area contributed by atoms with Gasteiger partial charge in [-0.1, -0.05) is 0 Å². The van der Waals surface area contributed by atoms with Crippen molar-refractivity contribution in [3.8, 4) is 0 Å². The van der Waals surface area contributed by atoms with Crippen molar-refractivity contribution in [1.29, 1.82) is 0 Å². The van der Waals surface area contributed by atoms with Gasteiger partial charge in [-0.3, -0.25) is 0 Å². The second kappa shape index (κ2) is 5.50. The molecule has 1 unspecified atom stereocenters. The van der Waals surface area contributed by atoms with Gasteiger partial charge in [-0.2, -0.15) is 0 Å². The standard InChI is InChI=1S/C12H17N3O4/c1-12(2)18-7-8(19-12)6-14-9-4-5-13-10(15-9)11(16)17-3/h4-5,8H,6-7H2,1-3H3,(H,13,14,15). The summed E-state index contributed by atoms with van der Waals surface area (Å²) in [6.07, 6.45) is 1.45. The smallest absolute Gasteiger partial charge is 0.376 e. The fourth-order valence-electron chi connectivity index (χ4n) is 1.73. The molecule has 104 valence electrons. The van der Waals surface area contributed by atoms with Crippen LogP contribution in [0.25, 0.3) is 0 Å². The van der Waals surface area contributed by atoms with Crippen LogP contribution >= 0.6 is 0 Å². The van der Waals surface area contributed by atoms with E-state index >= 15 is 0 Å². The number of methoxy groups -OCH3 is 1. The van der Waals surface area contributed by atoms with E-state index in [1.54, 1.807) is 6.07 Å². The van der Waals surface area contributed by atoms with Crippen molar-refractivity contribution in [3.05, 3.63) is 18.1 Å². The van der Waals surface area contributed by atoms with Crippen LogP contribution in [-0.4, -0.2) is 48.1 Å². The molecule has 0 radical (unpaired) electrons.